The van der Waals surface area contributed by atoms with Gasteiger partial charge >= 0.3 is 0 Å². The van der Waals surface area contributed by atoms with E-state index in [0.29, 0.717) is 33.4 Å². The fourth-order valence-corrected chi connectivity index (χ4v) is 4.26. The van der Waals surface area contributed by atoms with Gasteiger partial charge in [-0.1, -0.05) is 54.1 Å². The van der Waals surface area contributed by atoms with E-state index in [1.807, 2.05) is 42.5 Å². The highest BCUT2D eigenvalue weighted by molar-refractivity contribution is 6.33. The average Bonchev–Trinajstić information content (AvgIpc) is 2.86. The maximum atomic E-state index is 13.4. The molecule has 0 amide bonds. The number of rotatable bonds is 7. The van der Waals surface area contributed by atoms with Crippen LogP contribution in [0, 0.1) is 0 Å². The minimum Gasteiger partial charge on any atom is -0.493 e. The number of ketones is 2. The first-order chi connectivity index (χ1) is 16.5. The van der Waals surface area contributed by atoms with E-state index in [-0.39, 0.29) is 23.6 Å². The zero-order valence-corrected chi connectivity index (χ0v) is 19.8. The molecule has 0 unspecified atom stereocenters. The van der Waals surface area contributed by atoms with Gasteiger partial charge in [-0.2, -0.15) is 0 Å². The summed E-state index contributed by atoms with van der Waals surface area (Å²) in [6.07, 6.45) is 3.16. The molecule has 4 rings (SSSR count). The second kappa shape index (κ2) is 9.98. The van der Waals surface area contributed by atoms with Gasteiger partial charge in [0, 0.05) is 17.0 Å². The van der Waals surface area contributed by atoms with E-state index in [1.54, 1.807) is 24.3 Å². The Morgan fingerprint density at radius 3 is 2.21 bits per heavy atom. The molecule has 172 valence electrons. The number of hydrogen-bond acceptors (Lipinski definition) is 5. The standard InChI is InChI=1S/C28H23ClO5/c1-32-24-13-17(14-25(33-2)28(24)34-3)9-12-22(30)27-23(31)15-19-10-11-20(29)16-21(19)26(27)18-7-5-4-6-8-18/h4-14,16H,15H2,1-3H3/b12-9+. The first-order valence-electron chi connectivity index (χ1n) is 10.6. The highest BCUT2D eigenvalue weighted by Gasteiger charge is 2.30. The van der Waals surface area contributed by atoms with Crippen molar-refractivity contribution in [1.82, 2.24) is 0 Å². The van der Waals surface area contributed by atoms with Crippen molar-refractivity contribution in [2.24, 2.45) is 0 Å². The second-order valence-corrected chi connectivity index (χ2v) is 8.11. The van der Waals surface area contributed by atoms with Gasteiger partial charge in [-0.05, 0) is 52.6 Å². The smallest absolute Gasteiger partial charge is 0.203 e. The lowest BCUT2D eigenvalue weighted by Crippen LogP contribution is -2.21. The van der Waals surface area contributed by atoms with Crippen LogP contribution in [0.25, 0.3) is 11.6 Å². The number of fused-ring (bicyclic) bond motifs is 1. The van der Waals surface area contributed by atoms with E-state index < -0.39 is 0 Å². The highest BCUT2D eigenvalue weighted by Crippen LogP contribution is 2.39. The number of carbonyl (C=O) groups excluding carboxylic acids is 2. The maximum absolute atomic E-state index is 13.4. The zero-order chi connectivity index (χ0) is 24.2. The molecule has 0 N–H and O–H groups in total. The fraction of sp³-hybridized carbons (Fsp3) is 0.143. The number of methoxy groups -OCH3 is 3. The molecule has 3 aromatic carbocycles. The van der Waals surface area contributed by atoms with Gasteiger partial charge in [-0.15, -0.1) is 0 Å². The topological polar surface area (TPSA) is 61.8 Å². The zero-order valence-electron chi connectivity index (χ0n) is 19.1. The third-order valence-electron chi connectivity index (χ3n) is 5.64. The maximum Gasteiger partial charge on any atom is 0.203 e. The lowest BCUT2D eigenvalue weighted by atomic mass is 9.80. The predicted molar refractivity (Wildman–Crippen MR) is 133 cm³/mol. The van der Waals surface area contributed by atoms with E-state index >= 15 is 0 Å². The largest absolute Gasteiger partial charge is 0.493 e. The van der Waals surface area contributed by atoms with E-state index in [9.17, 15) is 9.59 Å². The normalized spacial score (nSPS) is 13.1. The minimum atomic E-state index is -0.386. The van der Waals surface area contributed by atoms with Crippen LogP contribution in [0.5, 0.6) is 17.2 Å². The lowest BCUT2D eigenvalue weighted by Gasteiger charge is -2.22. The Hall–Kier alpha value is -3.83. The number of Topliss-reactive ketones (excluding diaryl/α,β-unsaturated/α-hetero) is 1. The molecule has 1 aliphatic rings. The van der Waals surface area contributed by atoms with Crippen molar-refractivity contribution in [2.75, 3.05) is 21.3 Å². The summed E-state index contributed by atoms with van der Waals surface area (Å²) in [6.45, 7) is 0. The summed E-state index contributed by atoms with van der Waals surface area (Å²) in [5.74, 6) is 0.779. The van der Waals surface area contributed by atoms with Crippen LogP contribution in [-0.2, 0) is 16.0 Å². The highest BCUT2D eigenvalue weighted by atomic mass is 35.5. The van der Waals surface area contributed by atoms with E-state index in [1.165, 1.54) is 27.4 Å². The van der Waals surface area contributed by atoms with Crippen LogP contribution in [0.3, 0.4) is 0 Å². The minimum absolute atomic E-state index is 0.141. The first-order valence-corrected chi connectivity index (χ1v) is 11.0. The number of ether oxygens (including phenoxy) is 3. The molecule has 34 heavy (non-hydrogen) atoms. The number of halogens is 1. The molecule has 0 fully saturated rings. The Labute approximate surface area is 203 Å². The van der Waals surface area contributed by atoms with Crippen molar-refractivity contribution in [3.05, 3.63) is 99.6 Å². The average molecular weight is 475 g/mol. The molecular formula is C28H23ClO5. The molecule has 0 radical (unpaired) electrons. The van der Waals surface area contributed by atoms with Crippen LogP contribution in [-0.4, -0.2) is 32.9 Å². The number of carbonyl (C=O) groups is 2. The summed E-state index contributed by atoms with van der Waals surface area (Å²) in [6, 6.07) is 18.3. The lowest BCUT2D eigenvalue weighted by molar-refractivity contribution is -0.119. The van der Waals surface area contributed by atoms with Crippen LogP contribution in [0.1, 0.15) is 22.3 Å². The van der Waals surface area contributed by atoms with Crippen LogP contribution >= 0.6 is 11.6 Å². The first kappa shape index (κ1) is 23.3. The Kier molecular flexibility index (Phi) is 6.85. The Bertz CT molecular complexity index is 1300. The molecule has 0 atom stereocenters. The summed E-state index contributed by atoms with van der Waals surface area (Å²) < 4.78 is 16.1. The second-order valence-electron chi connectivity index (χ2n) is 7.67. The molecule has 0 bridgehead atoms. The quantitative estimate of drug-likeness (QED) is 0.330. The molecule has 0 saturated carbocycles. The van der Waals surface area contributed by atoms with Crippen LogP contribution in [0.15, 0.2) is 72.3 Å². The summed E-state index contributed by atoms with van der Waals surface area (Å²) in [5.41, 5.74) is 3.82. The van der Waals surface area contributed by atoms with Gasteiger partial charge in [-0.3, -0.25) is 9.59 Å². The number of benzene rings is 3. The van der Waals surface area contributed by atoms with Gasteiger partial charge in [0.05, 0.1) is 26.9 Å². The number of allylic oxidation sites excluding steroid dienone is 2. The van der Waals surface area contributed by atoms with Crippen molar-refractivity contribution in [3.8, 4) is 17.2 Å². The van der Waals surface area contributed by atoms with Crippen molar-refractivity contribution in [3.63, 3.8) is 0 Å². The van der Waals surface area contributed by atoms with Crippen molar-refractivity contribution < 1.29 is 23.8 Å². The Balaban J connectivity index is 1.82. The van der Waals surface area contributed by atoms with Gasteiger partial charge in [0.25, 0.3) is 0 Å². The van der Waals surface area contributed by atoms with E-state index in [2.05, 4.69) is 0 Å². The summed E-state index contributed by atoms with van der Waals surface area (Å²) >= 11 is 6.28. The molecule has 3 aromatic rings. The summed E-state index contributed by atoms with van der Waals surface area (Å²) in [7, 11) is 4.57. The Morgan fingerprint density at radius 2 is 1.59 bits per heavy atom. The predicted octanol–water partition coefficient (Wildman–Crippen LogP) is 5.58. The SMILES string of the molecule is COc1cc(/C=C/C(=O)C2=C(c3ccccc3)c3cc(Cl)ccc3CC2=O)cc(OC)c1OC. The van der Waals surface area contributed by atoms with Crippen molar-refractivity contribution in [1.29, 1.82) is 0 Å². The van der Waals surface area contributed by atoms with E-state index in [4.69, 9.17) is 25.8 Å². The fourth-order valence-electron chi connectivity index (χ4n) is 4.09. The third-order valence-corrected chi connectivity index (χ3v) is 5.88. The molecule has 1 aliphatic carbocycles. The van der Waals surface area contributed by atoms with Gasteiger partial charge in [0.1, 0.15) is 0 Å². The van der Waals surface area contributed by atoms with Crippen LogP contribution in [0.4, 0.5) is 0 Å². The number of hydrogen-bond donors (Lipinski definition) is 0. The van der Waals surface area contributed by atoms with Crippen LogP contribution < -0.4 is 14.2 Å². The molecule has 6 heteroatoms. The van der Waals surface area contributed by atoms with Gasteiger partial charge in [0.15, 0.2) is 23.1 Å². The van der Waals surface area contributed by atoms with Gasteiger partial charge in [0.2, 0.25) is 5.75 Å². The monoisotopic (exact) mass is 474 g/mol. The van der Waals surface area contributed by atoms with Gasteiger partial charge < -0.3 is 14.2 Å². The van der Waals surface area contributed by atoms with Crippen molar-refractivity contribution in [2.45, 2.75) is 6.42 Å². The Morgan fingerprint density at radius 1 is 0.912 bits per heavy atom. The molecule has 0 spiro atoms. The third kappa shape index (κ3) is 4.47. The summed E-state index contributed by atoms with van der Waals surface area (Å²) in [4.78, 5) is 26.6. The van der Waals surface area contributed by atoms with Gasteiger partial charge in [-0.25, -0.2) is 0 Å². The van der Waals surface area contributed by atoms with E-state index in [0.717, 1.165) is 16.7 Å². The molecule has 0 aromatic heterocycles. The van der Waals surface area contributed by atoms with Crippen LogP contribution in [0.2, 0.25) is 5.02 Å². The molecule has 0 aliphatic heterocycles. The summed E-state index contributed by atoms with van der Waals surface area (Å²) in [5, 5.41) is 0.543. The molecule has 5 nitrogen and oxygen atoms in total. The van der Waals surface area contributed by atoms with Crippen molar-refractivity contribution >= 4 is 34.8 Å². The molecular weight excluding hydrogens is 452 g/mol. The molecule has 0 heterocycles. The molecule has 0 saturated heterocycles.